The largest absolute Gasteiger partial charge is 0.360 e. The van der Waals surface area contributed by atoms with Crippen molar-refractivity contribution in [3.63, 3.8) is 0 Å². The molecule has 5 aromatic rings. The highest BCUT2D eigenvalue weighted by atomic mass is 32.1. The molecule has 3 aromatic heterocycles. The second kappa shape index (κ2) is 6.48. The highest BCUT2D eigenvalue weighted by molar-refractivity contribution is 7.16. The third-order valence-corrected chi connectivity index (χ3v) is 5.42. The lowest BCUT2D eigenvalue weighted by Crippen LogP contribution is -2.14. The molecule has 2 aromatic carbocycles. The van der Waals surface area contributed by atoms with E-state index in [-0.39, 0.29) is 6.04 Å². The Bertz CT molecular complexity index is 1230. The van der Waals surface area contributed by atoms with E-state index in [9.17, 15) is 0 Å². The number of benzene rings is 2. The average Bonchev–Trinajstić information content (AvgIpc) is 3.34. The van der Waals surface area contributed by atoms with E-state index in [0.717, 1.165) is 38.6 Å². The Balaban J connectivity index is 1.63. The summed E-state index contributed by atoms with van der Waals surface area (Å²) in [5.41, 5.74) is 3.17. The molecule has 27 heavy (non-hydrogen) atoms. The monoisotopic (exact) mass is 371 g/mol. The van der Waals surface area contributed by atoms with Crippen LogP contribution >= 0.6 is 11.3 Å². The van der Waals surface area contributed by atoms with Crippen LogP contribution in [-0.2, 0) is 0 Å². The van der Waals surface area contributed by atoms with Crippen LogP contribution in [0.4, 0.5) is 5.82 Å². The first kappa shape index (κ1) is 16.0. The number of hydrogen-bond acceptors (Lipinski definition) is 5. The molecule has 3 heterocycles. The van der Waals surface area contributed by atoms with E-state index in [1.807, 2.05) is 41.8 Å². The molecule has 0 aliphatic heterocycles. The fourth-order valence-electron chi connectivity index (χ4n) is 3.36. The minimum atomic E-state index is -0.0318. The zero-order valence-corrected chi connectivity index (χ0v) is 15.5. The maximum absolute atomic E-state index is 4.91. The van der Waals surface area contributed by atoms with Crippen LogP contribution in [-0.4, -0.2) is 19.5 Å². The fraction of sp³-hybridized carbons (Fsp3) is 0.0952. The lowest BCUT2D eigenvalue weighted by molar-refractivity contribution is 0.770. The van der Waals surface area contributed by atoms with Gasteiger partial charge >= 0.3 is 0 Å². The molecule has 1 N–H and O–H groups in total. The molecule has 5 nitrogen and oxygen atoms in total. The molecular weight excluding hydrogens is 354 g/mol. The maximum atomic E-state index is 4.91. The van der Waals surface area contributed by atoms with E-state index < -0.39 is 0 Å². The van der Waals surface area contributed by atoms with Crippen molar-refractivity contribution in [1.29, 1.82) is 0 Å². The number of para-hydroxylation sites is 3. The summed E-state index contributed by atoms with van der Waals surface area (Å²) in [4.78, 5) is 14.7. The normalized spacial score (nSPS) is 12.5. The topological polar surface area (TPSA) is 55.6 Å². The van der Waals surface area contributed by atoms with Gasteiger partial charge in [-0.1, -0.05) is 30.3 Å². The van der Waals surface area contributed by atoms with Crippen molar-refractivity contribution < 1.29 is 0 Å². The molecule has 0 fully saturated rings. The number of thiophene rings is 1. The van der Waals surface area contributed by atoms with Gasteiger partial charge in [-0.25, -0.2) is 15.0 Å². The Morgan fingerprint density at radius 2 is 1.78 bits per heavy atom. The minimum absolute atomic E-state index is 0.0318. The lowest BCUT2D eigenvalue weighted by Gasteiger charge is -2.17. The molecular formula is C21H17N5S. The van der Waals surface area contributed by atoms with Crippen LogP contribution < -0.4 is 5.32 Å². The summed E-state index contributed by atoms with van der Waals surface area (Å²) in [6.07, 6.45) is 1.61. The first-order chi connectivity index (χ1) is 13.3. The smallest absolute Gasteiger partial charge is 0.138 e. The third-order valence-electron chi connectivity index (χ3n) is 4.60. The molecule has 0 amide bonds. The van der Waals surface area contributed by atoms with E-state index in [1.165, 1.54) is 0 Å². The molecule has 0 aliphatic rings. The molecule has 132 valence electrons. The summed E-state index contributed by atoms with van der Waals surface area (Å²) in [5, 5.41) is 6.61. The van der Waals surface area contributed by atoms with Crippen LogP contribution in [0, 0.1) is 0 Å². The summed E-state index contributed by atoms with van der Waals surface area (Å²) >= 11 is 1.62. The number of aromatic nitrogens is 4. The third kappa shape index (κ3) is 2.74. The molecule has 1 atom stereocenters. The predicted octanol–water partition coefficient (Wildman–Crippen LogP) is 5.20. The SMILES string of the molecule is CC(Nc1ncnc2sccc12)c1nc2ccccc2n1-c1ccccc1. The molecule has 0 aliphatic carbocycles. The van der Waals surface area contributed by atoms with Crippen LogP contribution in [0.15, 0.2) is 72.4 Å². The van der Waals surface area contributed by atoms with E-state index in [1.54, 1.807) is 17.7 Å². The first-order valence-electron chi connectivity index (χ1n) is 8.79. The number of nitrogens with zero attached hydrogens (tertiary/aromatic N) is 4. The summed E-state index contributed by atoms with van der Waals surface area (Å²) in [7, 11) is 0. The number of imidazole rings is 1. The van der Waals surface area contributed by atoms with Crippen molar-refractivity contribution in [3.05, 3.63) is 78.2 Å². The van der Waals surface area contributed by atoms with Crippen molar-refractivity contribution in [2.45, 2.75) is 13.0 Å². The number of rotatable bonds is 4. The number of hydrogen-bond donors (Lipinski definition) is 1. The zero-order chi connectivity index (χ0) is 18.2. The van der Waals surface area contributed by atoms with Crippen molar-refractivity contribution in [2.75, 3.05) is 5.32 Å². The number of anilines is 1. The van der Waals surface area contributed by atoms with Crippen LogP contribution in [0.5, 0.6) is 0 Å². The van der Waals surface area contributed by atoms with Crippen molar-refractivity contribution in [2.24, 2.45) is 0 Å². The molecule has 0 spiro atoms. The van der Waals surface area contributed by atoms with E-state index >= 15 is 0 Å². The molecule has 0 bridgehead atoms. The van der Waals surface area contributed by atoms with E-state index in [0.29, 0.717) is 0 Å². The summed E-state index contributed by atoms with van der Waals surface area (Å²) in [5.74, 6) is 1.78. The molecule has 1 unspecified atom stereocenters. The highest BCUT2D eigenvalue weighted by Crippen LogP contribution is 2.29. The fourth-order valence-corrected chi connectivity index (χ4v) is 4.09. The number of fused-ring (bicyclic) bond motifs is 2. The van der Waals surface area contributed by atoms with Crippen molar-refractivity contribution >= 4 is 38.4 Å². The Hall–Kier alpha value is -3.25. The van der Waals surface area contributed by atoms with Crippen LogP contribution in [0.1, 0.15) is 18.8 Å². The van der Waals surface area contributed by atoms with E-state index in [4.69, 9.17) is 4.98 Å². The van der Waals surface area contributed by atoms with Crippen LogP contribution in [0.2, 0.25) is 0 Å². The standard InChI is InChI=1S/C21H17N5S/c1-14(24-19-16-11-12-27-21(16)23-13-22-19)20-25-17-9-5-6-10-18(17)26(20)15-7-3-2-4-8-15/h2-14H,1H3,(H,22,23,24). The molecule has 0 radical (unpaired) electrons. The molecule has 5 rings (SSSR count). The van der Waals surface area contributed by atoms with Gasteiger partial charge in [-0.3, -0.25) is 4.57 Å². The summed E-state index contributed by atoms with van der Waals surface area (Å²) < 4.78 is 2.21. The quantitative estimate of drug-likeness (QED) is 0.471. The Morgan fingerprint density at radius 1 is 0.963 bits per heavy atom. The summed E-state index contributed by atoms with van der Waals surface area (Å²) in [6, 6.07) is 20.6. The van der Waals surface area contributed by atoms with Gasteiger partial charge in [0.1, 0.15) is 22.8 Å². The van der Waals surface area contributed by atoms with Crippen molar-refractivity contribution in [1.82, 2.24) is 19.5 Å². The maximum Gasteiger partial charge on any atom is 0.138 e. The van der Waals surface area contributed by atoms with Crippen LogP contribution in [0.3, 0.4) is 0 Å². The zero-order valence-electron chi connectivity index (χ0n) is 14.7. The number of nitrogens with one attached hydrogen (secondary N) is 1. The second-order valence-electron chi connectivity index (χ2n) is 6.36. The molecule has 0 saturated heterocycles. The lowest BCUT2D eigenvalue weighted by atomic mass is 10.2. The van der Waals surface area contributed by atoms with E-state index in [2.05, 4.69) is 51.0 Å². The van der Waals surface area contributed by atoms with Crippen LogP contribution in [0.25, 0.3) is 26.9 Å². The first-order valence-corrected chi connectivity index (χ1v) is 9.67. The second-order valence-corrected chi connectivity index (χ2v) is 7.25. The minimum Gasteiger partial charge on any atom is -0.360 e. The predicted molar refractivity (Wildman–Crippen MR) is 111 cm³/mol. The Kier molecular flexibility index (Phi) is 3.83. The average molecular weight is 371 g/mol. The van der Waals surface area contributed by atoms with Gasteiger partial charge in [0.2, 0.25) is 0 Å². The van der Waals surface area contributed by atoms with Gasteiger partial charge in [0.15, 0.2) is 0 Å². The molecule has 0 saturated carbocycles. The van der Waals surface area contributed by atoms with Gasteiger partial charge in [0.05, 0.1) is 22.5 Å². The summed E-state index contributed by atoms with van der Waals surface area (Å²) in [6.45, 7) is 2.11. The van der Waals surface area contributed by atoms with Gasteiger partial charge in [-0.15, -0.1) is 11.3 Å². The van der Waals surface area contributed by atoms with Gasteiger partial charge < -0.3 is 5.32 Å². The van der Waals surface area contributed by atoms with Crippen molar-refractivity contribution in [3.8, 4) is 5.69 Å². The highest BCUT2D eigenvalue weighted by Gasteiger charge is 2.19. The van der Waals surface area contributed by atoms with Gasteiger partial charge in [-0.2, -0.15) is 0 Å². The molecule has 6 heteroatoms. The van der Waals surface area contributed by atoms with Gasteiger partial charge in [0, 0.05) is 5.69 Å². The Labute approximate surface area is 160 Å². The Morgan fingerprint density at radius 3 is 2.67 bits per heavy atom. The van der Waals surface area contributed by atoms with Gasteiger partial charge in [0.25, 0.3) is 0 Å². The van der Waals surface area contributed by atoms with Gasteiger partial charge in [-0.05, 0) is 42.6 Å².